The normalized spacial score (nSPS) is 13.2. The quantitative estimate of drug-likeness (QED) is 0.621. The van der Waals surface area contributed by atoms with E-state index < -0.39 is 0 Å². The Bertz CT molecular complexity index is 791. The van der Waals surface area contributed by atoms with Crippen molar-refractivity contribution in [2.45, 2.75) is 25.3 Å². The summed E-state index contributed by atoms with van der Waals surface area (Å²) in [6.07, 6.45) is 2.87. The Balaban J connectivity index is 1.41. The monoisotopic (exact) mass is 381 g/mol. The molecule has 0 saturated heterocycles. The number of amides is 2. The zero-order valence-electron chi connectivity index (χ0n) is 16.2. The van der Waals surface area contributed by atoms with E-state index in [1.807, 2.05) is 48.3 Å². The van der Waals surface area contributed by atoms with Gasteiger partial charge in [0.1, 0.15) is 5.75 Å². The van der Waals surface area contributed by atoms with E-state index in [2.05, 4.69) is 10.6 Å². The first-order valence-electron chi connectivity index (χ1n) is 9.68. The predicted molar refractivity (Wildman–Crippen MR) is 110 cm³/mol. The van der Waals surface area contributed by atoms with Gasteiger partial charge in [0, 0.05) is 12.6 Å². The highest BCUT2D eigenvalue weighted by Crippen LogP contribution is 2.21. The number of ether oxygens (including phenoxy) is 1. The summed E-state index contributed by atoms with van der Waals surface area (Å²) in [6.45, 7) is 1.59. The van der Waals surface area contributed by atoms with E-state index in [-0.39, 0.29) is 24.4 Å². The largest absolute Gasteiger partial charge is 0.494 e. The van der Waals surface area contributed by atoms with Gasteiger partial charge in [0.25, 0.3) is 5.91 Å². The lowest BCUT2D eigenvalue weighted by atomic mass is 10.1. The van der Waals surface area contributed by atoms with Crippen molar-refractivity contribution in [3.8, 4) is 5.75 Å². The molecule has 1 aliphatic carbocycles. The third kappa shape index (κ3) is 6.39. The number of rotatable bonds is 10. The fraction of sp³-hybridized carbons (Fsp3) is 0.364. The topological polar surface area (TPSA) is 70.7 Å². The van der Waals surface area contributed by atoms with E-state index in [9.17, 15) is 9.59 Å². The van der Waals surface area contributed by atoms with Crippen LogP contribution >= 0.6 is 0 Å². The van der Waals surface area contributed by atoms with E-state index in [0.717, 1.165) is 31.6 Å². The molecule has 148 valence electrons. The molecule has 1 saturated carbocycles. The number of hydrogen-bond donors (Lipinski definition) is 2. The third-order valence-corrected chi connectivity index (χ3v) is 4.47. The van der Waals surface area contributed by atoms with Gasteiger partial charge in [-0.3, -0.25) is 14.5 Å². The molecule has 0 aliphatic heterocycles. The molecule has 0 radical (unpaired) electrons. The van der Waals surface area contributed by atoms with Gasteiger partial charge in [0.2, 0.25) is 5.91 Å². The minimum Gasteiger partial charge on any atom is -0.494 e. The molecule has 6 nitrogen and oxygen atoms in total. The summed E-state index contributed by atoms with van der Waals surface area (Å²) in [5, 5.41) is 5.82. The van der Waals surface area contributed by atoms with E-state index >= 15 is 0 Å². The molecular weight excluding hydrogens is 354 g/mol. The second-order valence-electron chi connectivity index (χ2n) is 7.09. The van der Waals surface area contributed by atoms with Gasteiger partial charge in [-0.25, -0.2) is 0 Å². The van der Waals surface area contributed by atoms with E-state index in [1.54, 1.807) is 18.2 Å². The van der Waals surface area contributed by atoms with Crippen LogP contribution in [0, 0.1) is 0 Å². The third-order valence-electron chi connectivity index (χ3n) is 4.47. The fourth-order valence-electron chi connectivity index (χ4n) is 2.84. The summed E-state index contributed by atoms with van der Waals surface area (Å²) >= 11 is 0. The summed E-state index contributed by atoms with van der Waals surface area (Å²) in [5.74, 6) is 0.576. The number of nitrogens with one attached hydrogen (secondary N) is 2. The highest BCUT2D eigenvalue weighted by Gasteiger charge is 2.25. The lowest BCUT2D eigenvalue weighted by Crippen LogP contribution is -2.32. The number of carbonyl (C=O) groups is 2. The second-order valence-corrected chi connectivity index (χ2v) is 7.09. The molecule has 3 rings (SSSR count). The van der Waals surface area contributed by atoms with Crippen LogP contribution in [0.4, 0.5) is 5.69 Å². The minimum absolute atomic E-state index is 0.134. The van der Waals surface area contributed by atoms with Crippen molar-refractivity contribution in [1.29, 1.82) is 0 Å². The highest BCUT2D eigenvalue weighted by atomic mass is 16.5. The Hall–Kier alpha value is -2.86. The predicted octanol–water partition coefficient (Wildman–Crippen LogP) is 2.92. The van der Waals surface area contributed by atoms with Crippen LogP contribution in [-0.2, 0) is 4.79 Å². The van der Waals surface area contributed by atoms with Crippen LogP contribution in [0.1, 0.15) is 29.6 Å². The van der Waals surface area contributed by atoms with Crippen LogP contribution in [0.5, 0.6) is 5.75 Å². The SMILES string of the molecule is CN(CCCOc1ccccc1)CC(=O)Nc1ccccc1C(=O)NC1CC1. The number of carbonyl (C=O) groups excluding carboxylic acids is 2. The number of para-hydroxylation sites is 2. The molecule has 28 heavy (non-hydrogen) atoms. The van der Waals surface area contributed by atoms with Gasteiger partial charge in [-0.2, -0.15) is 0 Å². The van der Waals surface area contributed by atoms with Crippen molar-refractivity contribution in [3.63, 3.8) is 0 Å². The molecule has 1 fully saturated rings. The Kier molecular flexibility index (Phi) is 7.03. The number of anilines is 1. The van der Waals surface area contributed by atoms with E-state index in [4.69, 9.17) is 4.74 Å². The highest BCUT2D eigenvalue weighted by molar-refractivity contribution is 6.04. The minimum atomic E-state index is -0.141. The van der Waals surface area contributed by atoms with Crippen molar-refractivity contribution < 1.29 is 14.3 Å². The molecule has 0 aromatic heterocycles. The molecule has 2 aromatic carbocycles. The number of nitrogens with zero attached hydrogens (tertiary/aromatic N) is 1. The van der Waals surface area contributed by atoms with Crippen LogP contribution in [-0.4, -0.2) is 49.5 Å². The van der Waals surface area contributed by atoms with Crippen molar-refractivity contribution >= 4 is 17.5 Å². The Morgan fingerprint density at radius 1 is 1.07 bits per heavy atom. The Labute approximate surface area is 165 Å². The van der Waals surface area contributed by atoms with Gasteiger partial charge in [-0.1, -0.05) is 30.3 Å². The van der Waals surface area contributed by atoms with Crippen LogP contribution in [0.3, 0.4) is 0 Å². The van der Waals surface area contributed by atoms with Crippen molar-refractivity contribution in [3.05, 3.63) is 60.2 Å². The summed E-state index contributed by atoms with van der Waals surface area (Å²) in [4.78, 5) is 26.6. The van der Waals surface area contributed by atoms with Gasteiger partial charge in [-0.15, -0.1) is 0 Å². The summed E-state index contributed by atoms with van der Waals surface area (Å²) < 4.78 is 5.66. The zero-order valence-corrected chi connectivity index (χ0v) is 16.2. The molecule has 0 bridgehead atoms. The van der Waals surface area contributed by atoms with Crippen LogP contribution in [0.2, 0.25) is 0 Å². The van der Waals surface area contributed by atoms with Crippen molar-refractivity contribution in [2.24, 2.45) is 0 Å². The number of benzene rings is 2. The van der Waals surface area contributed by atoms with Gasteiger partial charge in [-0.05, 0) is 50.6 Å². The maximum Gasteiger partial charge on any atom is 0.253 e. The number of hydrogen-bond acceptors (Lipinski definition) is 4. The van der Waals surface area contributed by atoms with Crippen LogP contribution in [0.15, 0.2) is 54.6 Å². The fourth-order valence-corrected chi connectivity index (χ4v) is 2.84. The van der Waals surface area contributed by atoms with Crippen molar-refractivity contribution in [2.75, 3.05) is 32.1 Å². The van der Waals surface area contributed by atoms with E-state index in [1.165, 1.54) is 0 Å². The van der Waals surface area contributed by atoms with Gasteiger partial charge in [0.05, 0.1) is 24.4 Å². The lowest BCUT2D eigenvalue weighted by molar-refractivity contribution is -0.117. The summed E-state index contributed by atoms with van der Waals surface area (Å²) in [5.41, 5.74) is 1.05. The summed E-state index contributed by atoms with van der Waals surface area (Å²) in [6, 6.07) is 17.1. The molecule has 0 atom stereocenters. The first-order valence-corrected chi connectivity index (χ1v) is 9.68. The van der Waals surface area contributed by atoms with Crippen LogP contribution in [0.25, 0.3) is 0 Å². The van der Waals surface area contributed by atoms with Gasteiger partial charge < -0.3 is 15.4 Å². The molecule has 2 N–H and O–H groups in total. The Morgan fingerprint density at radius 2 is 1.79 bits per heavy atom. The average Bonchev–Trinajstić information content (AvgIpc) is 3.50. The zero-order chi connectivity index (χ0) is 19.8. The lowest BCUT2D eigenvalue weighted by Gasteiger charge is -2.17. The van der Waals surface area contributed by atoms with Crippen LogP contribution < -0.4 is 15.4 Å². The molecule has 0 heterocycles. The molecule has 2 aromatic rings. The smallest absolute Gasteiger partial charge is 0.253 e. The molecular formula is C22H27N3O3. The first-order chi connectivity index (χ1) is 13.6. The molecule has 1 aliphatic rings. The van der Waals surface area contributed by atoms with Gasteiger partial charge >= 0.3 is 0 Å². The second kappa shape index (κ2) is 9.90. The maximum atomic E-state index is 12.4. The molecule has 6 heteroatoms. The average molecular weight is 381 g/mol. The first kappa shape index (κ1) is 19.9. The summed E-state index contributed by atoms with van der Waals surface area (Å²) in [7, 11) is 1.90. The molecule has 0 spiro atoms. The van der Waals surface area contributed by atoms with Gasteiger partial charge in [0.15, 0.2) is 0 Å². The van der Waals surface area contributed by atoms with E-state index in [0.29, 0.717) is 17.9 Å². The number of likely N-dealkylation sites (N-methyl/N-ethyl adjacent to an activating group) is 1. The maximum absolute atomic E-state index is 12.4. The molecule has 0 unspecified atom stereocenters. The Morgan fingerprint density at radius 3 is 2.54 bits per heavy atom. The standard InChI is InChI=1S/C22H27N3O3/c1-25(14-7-15-28-18-8-3-2-4-9-18)16-21(26)24-20-11-6-5-10-19(20)22(27)23-17-12-13-17/h2-6,8-11,17H,7,12-16H2,1H3,(H,23,27)(H,24,26). The molecule has 2 amide bonds. The van der Waals surface area contributed by atoms with Crippen molar-refractivity contribution in [1.82, 2.24) is 10.2 Å².